The number of rotatable bonds is 7. The van der Waals surface area contributed by atoms with Gasteiger partial charge in [-0.25, -0.2) is 0 Å². The Balaban J connectivity index is -0.000000739. The molecule has 0 heterocycles. The van der Waals surface area contributed by atoms with E-state index in [1.165, 1.54) is 250 Å². The number of aryl methyl sites for hydroxylation is 25. The highest BCUT2D eigenvalue weighted by Crippen LogP contribution is 2.49. The molecule has 0 aliphatic heterocycles. The first-order valence-electron chi connectivity index (χ1n) is 46.3. The summed E-state index contributed by atoms with van der Waals surface area (Å²) in [5.74, 6) is 0. The zero-order chi connectivity index (χ0) is 97.7. The van der Waals surface area contributed by atoms with E-state index in [2.05, 4.69) is 555 Å². The van der Waals surface area contributed by atoms with Gasteiger partial charge in [-0.05, 0) is 496 Å². The maximum atomic E-state index is 3.82. The van der Waals surface area contributed by atoms with Crippen molar-refractivity contribution in [2.45, 2.75) is 322 Å². The van der Waals surface area contributed by atoms with Gasteiger partial charge in [-0.1, -0.05) is 378 Å². The molecule has 0 saturated heterocycles. The van der Waals surface area contributed by atoms with Crippen molar-refractivity contribution in [2.75, 3.05) is 0 Å². The van der Waals surface area contributed by atoms with Gasteiger partial charge in [0.25, 0.3) is 0 Å². The molecule has 0 N–H and O–H groups in total. The summed E-state index contributed by atoms with van der Waals surface area (Å²) in [6.07, 6.45) is 2.17. The predicted octanol–water partition coefficient (Wildman–Crippen LogP) is 44.9. The average molecular weight is 2140 g/mol. The van der Waals surface area contributed by atoms with Crippen LogP contribution in [0.5, 0.6) is 0 Å². The van der Waals surface area contributed by atoms with E-state index in [9.17, 15) is 0 Å². The van der Waals surface area contributed by atoms with Crippen LogP contribution in [0.4, 0.5) is 0 Å². The molecule has 0 aliphatic carbocycles. The van der Waals surface area contributed by atoms with Gasteiger partial charge in [-0.3, -0.25) is 0 Å². The topological polar surface area (TPSA) is 0 Å². The summed E-state index contributed by atoms with van der Waals surface area (Å²) in [4.78, 5) is 0. The predicted molar refractivity (Wildman–Crippen MR) is 657 cm³/mol. The van der Waals surface area contributed by atoms with Gasteiger partial charge in [0, 0.05) is 29.0 Å². The summed E-state index contributed by atoms with van der Waals surface area (Å²) >= 11 is 15.3. The van der Waals surface area contributed by atoms with Crippen molar-refractivity contribution in [3.05, 3.63) is 472 Å². The minimum atomic E-state index is 0. The molecule has 0 unspecified atom stereocenters. The Kier molecular flexibility index (Phi) is 63.8. The molecule has 140 heavy (non-hydrogen) atoms. The lowest BCUT2D eigenvalue weighted by Gasteiger charge is -2.22. The molecule has 758 valence electrons. The Labute approximate surface area is 895 Å². The lowest BCUT2D eigenvalue weighted by Crippen LogP contribution is -1.99. The number of hydrogen-bond acceptors (Lipinski definition) is 0. The molecule has 0 saturated carbocycles. The van der Waals surface area contributed by atoms with Crippen LogP contribution in [0.1, 0.15) is 280 Å². The molecule has 0 spiro atoms. The first kappa shape index (κ1) is 136. The highest BCUT2D eigenvalue weighted by Gasteiger charge is 2.24. The van der Waals surface area contributed by atoms with Crippen LogP contribution in [0, 0.1) is 235 Å². The summed E-state index contributed by atoms with van der Waals surface area (Å²) in [6, 6.07) is 89.7. The molecule has 0 atom stereocenters. The Bertz CT molecular complexity index is 5830. The van der Waals surface area contributed by atoms with Crippen LogP contribution in [0.25, 0.3) is 44.5 Å². The van der Waals surface area contributed by atoms with E-state index in [4.69, 9.17) is 0 Å². The Morgan fingerprint density at radius 3 is 0.586 bits per heavy atom. The molecule has 4 heteroatoms. The van der Waals surface area contributed by atoms with Gasteiger partial charge in [-0.15, -0.1) is 0 Å². The van der Waals surface area contributed by atoms with Crippen molar-refractivity contribution in [3.63, 3.8) is 0 Å². The molecule has 0 nitrogen and oxygen atoms in total. The van der Waals surface area contributed by atoms with Crippen LogP contribution in [0.2, 0.25) is 0 Å². The van der Waals surface area contributed by atoms with E-state index < -0.39 is 0 Å². The quantitative estimate of drug-likeness (QED) is 0.149. The Morgan fingerprint density at radius 2 is 0.350 bits per heavy atom. The minimum absolute atomic E-state index is 0. The molecule has 0 fully saturated rings. The second-order valence-electron chi connectivity index (χ2n) is 36.8. The maximum absolute atomic E-state index is 3.82. The molecule has 15 aromatic rings. The third-order valence-electron chi connectivity index (χ3n) is 25.8. The van der Waals surface area contributed by atoms with Crippen LogP contribution >= 0.6 is 63.7 Å². The van der Waals surface area contributed by atoms with E-state index in [0.717, 1.165) is 30.7 Å². The van der Waals surface area contributed by atoms with E-state index in [0.29, 0.717) is 0 Å². The molecular formula is C136H186Br4. The van der Waals surface area contributed by atoms with Crippen LogP contribution in [-0.2, 0) is 12.8 Å². The molecule has 0 amide bonds. The van der Waals surface area contributed by atoms with Crippen molar-refractivity contribution in [1.82, 2.24) is 0 Å². The molecule has 15 rings (SSSR count). The smallest absolute Gasteiger partial charge is 0.0297 e. The number of halogens is 4. The fourth-order valence-electron chi connectivity index (χ4n) is 14.9. The average Bonchev–Trinajstić information content (AvgIpc) is 0.748. The Morgan fingerprint density at radius 1 is 0.150 bits per heavy atom. The summed E-state index contributed by atoms with van der Waals surface area (Å²) in [5.41, 5.74) is 60.5. The van der Waals surface area contributed by atoms with Crippen molar-refractivity contribution < 1.29 is 0 Å². The summed E-state index contributed by atoms with van der Waals surface area (Å²) < 4.78 is 4.58. The molecule has 0 bridgehead atoms. The van der Waals surface area contributed by atoms with Crippen LogP contribution in [-0.4, -0.2) is 0 Å². The van der Waals surface area contributed by atoms with E-state index in [1.807, 2.05) is 0 Å². The number of benzene rings is 15. The number of hydrogen-bond donors (Lipinski definition) is 0. The van der Waals surface area contributed by atoms with Crippen molar-refractivity contribution in [3.8, 4) is 44.5 Å². The fraction of sp³-hybridized carbons (Fsp3) is 0.338. The van der Waals surface area contributed by atoms with Gasteiger partial charge in [0.15, 0.2) is 0 Å². The third-order valence-corrected chi connectivity index (χ3v) is 29.8. The monoisotopic (exact) mass is 2140 g/mol. The van der Waals surface area contributed by atoms with E-state index >= 15 is 0 Å². The first-order valence-corrected chi connectivity index (χ1v) is 49.5. The van der Waals surface area contributed by atoms with Gasteiger partial charge in [0.2, 0.25) is 0 Å². The lowest BCUT2D eigenvalue weighted by atomic mass is 9.92. The molecular weight excluding hydrogens is 1950 g/mol. The van der Waals surface area contributed by atoms with Crippen LogP contribution in [0.15, 0.2) is 267 Å². The second-order valence-corrected chi connectivity index (χ2v) is 40.0. The summed E-state index contributed by atoms with van der Waals surface area (Å²) in [7, 11) is 0. The van der Waals surface area contributed by atoms with Crippen molar-refractivity contribution >= 4 is 63.7 Å². The van der Waals surface area contributed by atoms with E-state index in [-0.39, 0.29) is 66.8 Å². The Hall–Kier alpha value is -9.78. The van der Waals surface area contributed by atoms with Crippen LogP contribution in [0.3, 0.4) is 0 Å². The first-order chi connectivity index (χ1) is 61.6. The third kappa shape index (κ3) is 41.6. The zero-order valence-corrected chi connectivity index (χ0v) is 92.4. The minimum Gasteiger partial charge on any atom is -0.0776 e. The SMILES string of the molecule is C.C.C.C.C.C.C.C.C.CCc1cc(C)c(C)c(C)c1.Cc1c(C)c(Br)c(-c2c(Br)c(C)c(C)c(C)c2Br)c(Br)c1C.Cc1cc(-c2cc(C)c(C)c(C)c2)cc(C)c1C.Cc1cc(C)c(C)c(C)c1.Cc1ccc(-c2ccc(C)c(C)c2)cc1C.Cc1ccc(-c2ccc(C)cc2)cc1.Cc1ccc(C)c(C)c1.Cc1ccc(C)cc1.Cc1ccc(Cc2ccc(C)cc2)cc1.Cc1cccc(C)c1. The fourth-order valence-corrected chi connectivity index (χ4v) is 18.2. The molecule has 15 aromatic carbocycles. The molecule has 0 radical (unpaired) electrons. The normalized spacial score (nSPS) is 9.65. The summed E-state index contributed by atoms with van der Waals surface area (Å²) in [5, 5.41) is 0. The second kappa shape index (κ2) is 65.4. The molecule has 0 aliphatic rings. The van der Waals surface area contributed by atoms with Gasteiger partial charge >= 0.3 is 0 Å². The van der Waals surface area contributed by atoms with Gasteiger partial charge in [0.05, 0.1) is 0 Å². The standard InChI is InChI=1S/C18H18Br4.C18H22.C16H18.C15H16.C14H14.C11H16.C10H14.C9H12.2C8H10.9CH4/c1-7-9(3)15(19)13(16(20)10(7)4)14-17(21)11(5)8(2)12(6)18(14)22;1-11-7-17(8-12(2)15(11)5)18-9-13(3)16(6)14(4)10-18;1-11-5-7-15(9-13(11)3)16-8-6-12(2)14(4)10-16;1-12-3-7-14(8-4-12)11-15-9-5-13(2)6-10-15;1-11-3-7-13(8-4-11)14-9-5-12(2)6-10-14;1-5-11-6-8(2)10(4)9(3)7-11;1-7-5-8(2)10(4)9(3)6-7;1-7-4-5-8(2)9(3)6-7;1-7-3-5-8(2)6-4-7;1-7-4-3-5-8(2)6-7;;;;;;;;;/h1-6H3;7-10H,1-6H3;5-10H,1-4H3;3-10H,11H2,1-2H3;3-10H,1-2H3;6-7H,5H2,1-4H3;5-6H,1-4H3;4-6H,1-3H3;2*3-6H,1-2H3;9*1H4. The maximum Gasteiger partial charge on any atom is 0.0297 e. The van der Waals surface area contributed by atoms with Gasteiger partial charge in [-0.2, -0.15) is 0 Å². The largest absolute Gasteiger partial charge is 0.0776 e. The van der Waals surface area contributed by atoms with Gasteiger partial charge in [0.1, 0.15) is 0 Å². The summed E-state index contributed by atoms with van der Waals surface area (Å²) in [6.45, 7) is 75.4. The highest BCUT2D eigenvalue weighted by atomic mass is 79.9. The van der Waals surface area contributed by atoms with Crippen molar-refractivity contribution in [1.29, 1.82) is 0 Å². The van der Waals surface area contributed by atoms with E-state index in [1.54, 1.807) is 0 Å². The lowest BCUT2D eigenvalue weighted by molar-refractivity contribution is 1.11. The molecule has 0 aromatic heterocycles. The van der Waals surface area contributed by atoms with Crippen molar-refractivity contribution in [2.24, 2.45) is 0 Å². The van der Waals surface area contributed by atoms with Gasteiger partial charge < -0.3 is 0 Å². The van der Waals surface area contributed by atoms with Crippen LogP contribution < -0.4 is 0 Å². The highest BCUT2D eigenvalue weighted by molar-refractivity contribution is 9.11. The zero-order valence-electron chi connectivity index (χ0n) is 86.1.